The number of carbonyl (C=O) groups excluding carboxylic acids is 2. The number of rotatable bonds is 2. The Kier molecular flexibility index (Phi) is 12.6. The smallest absolute Gasteiger partial charge is 0.254 e. The van der Waals surface area contributed by atoms with Crippen LogP contribution in [0.5, 0.6) is 0 Å². The van der Waals surface area contributed by atoms with Gasteiger partial charge in [0.25, 0.3) is 11.8 Å². The van der Waals surface area contributed by atoms with E-state index in [1.807, 2.05) is 70.5 Å². The van der Waals surface area contributed by atoms with Gasteiger partial charge in [-0.25, -0.2) is 19.7 Å². The average molecular weight is 790 g/mol. The van der Waals surface area contributed by atoms with Gasteiger partial charge in [0.05, 0.1) is 47.9 Å². The number of nitrogens with zero attached hydrogens (tertiary/aromatic N) is 6. The van der Waals surface area contributed by atoms with Gasteiger partial charge in [-0.15, -0.1) is 24.8 Å². The van der Waals surface area contributed by atoms with Crippen molar-refractivity contribution in [1.82, 2.24) is 29.7 Å². The van der Waals surface area contributed by atoms with Crippen molar-refractivity contribution in [3.8, 4) is 0 Å². The summed E-state index contributed by atoms with van der Waals surface area (Å²) in [4.78, 5) is 52.3. The molecule has 4 aliphatic rings. The first kappa shape index (κ1) is 41.5. The Morgan fingerprint density at radius 2 is 1.05 bits per heavy atom. The fraction of sp³-hybridized carbons (Fsp3) is 0.318. The molecule has 0 saturated carbocycles. The number of H-pyrrole nitrogens is 2. The second-order valence-corrected chi connectivity index (χ2v) is 14.3. The summed E-state index contributed by atoms with van der Waals surface area (Å²) in [6, 6.07) is 23.7. The molecule has 4 atom stereocenters. The Hall–Kier alpha value is -5.68. The van der Waals surface area contributed by atoms with E-state index in [0.29, 0.717) is 34.3 Å². The van der Waals surface area contributed by atoms with E-state index in [0.717, 1.165) is 73.7 Å². The molecule has 288 valence electrons. The lowest BCUT2D eigenvalue weighted by atomic mass is 9.88. The van der Waals surface area contributed by atoms with Gasteiger partial charge in [-0.2, -0.15) is 0 Å². The maximum atomic E-state index is 13.2. The van der Waals surface area contributed by atoms with E-state index in [2.05, 4.69) is 41.8 Å². The van der Waals surface area contributed by atoms with Crippen LogP contribution in [0.1, 0.15) is 95.3 Å². The molecule has 0 spiro atoms. The first-order valence-corrected chi connectivity index (χ1v) is 18.0. The van der Waals surface area contributed by atoms with Crippen molar-refractivity contribution in [3.63, 3.8) is 0 Å². The van der Waals surface area contributed by atoms with E-state index in [-0.39, 0.29) is 63.6 Å². The Morgan fingerprint density at radius 1 is 0.625 bits per heavy atom. The second kappa shape index (κ2) is 17.0. The molecule has 12 heteroatoms. The summed E-state index contributed by atoms with van der Waals surface area (Å²) in [5.74, 6) is 0.879. The highest BCUT2D eigenvalue weighted by atomic mass is 35.5. The minimum Gasteiger partial charge on any atom is -0.345 e. The normalized spacial score (nSPS) is 19.8. The summed E-state index contributed by atoms with van der Waals surface area (Å²) in [5, 5.41) is 0. The number of hydrogen-bond donors (Lipinski definition) is 2. The number of fused-ring (bicyclic) bond motifs is 8. The standard InChI is InChI=1S/2C21H18N4O.2CH4.2ClH/c2*1-22-15-6-4-13-10-20-16(17(13)11-15)3-2-8-25(20)21(26)14-5-7-18-19(9-14)24-12-23-18;;;;/h2*4-7,9,11-12,16,20H,2-3,8,10H2,(H,23,24);2*1H4;2*1H/t2*16-,20+;;;;/m11..../s1. The molecule has 10 rings (SSSR count). The van der Waals surface area contributed by atoms with Gasteiger partial charge in [-0.1, -0.05) is 62.4 Å². The van der Waals surface area contributed by atoms with Crippen LogP contribution in [-0.4, -0.2) is 66.7 Å². The quantitative estimate of drug-likeness (QED) is 0.170. The summed E-state index contributed by atoms with van der Waals surface area (Å²) in [6.07, 6.45) is 9.25. The number of hydrogen-bond acceptors (Lipinski definition) is 4. The molecule has 0 radical (unpaired) electrons. The highest BCUT2D eigenvalue weighted by Crippen LogP contribution is 2.45. The fourth-order valence-corrected chi connectivity index (χ4v) is 9.13. The van der Waals surface area contributed by atoms with E-state index in [4.69, 9.17) is 13.1 Å². The molecule has 2 amide bonds. The van der Waals surface area contributed by atoms with Crippen LogP contribution in [0.25, 0.3) is 31.8 Å². The monoisotopic (exact) mass is 788 g/mol. The van der Waals surface area contributed by atoms with Gasteiger partial charge in [0.15, 0.2) is 11.4 Å². The Morgan fingerprint density at radius 3 is 1.46 bits per heavy atom. The summed E-state index contributed by atoms with van der Waals surface area (Å²) in [5.41, 5.74) is 11.4. The topological polar surface area (TPSA) is 107 Å². The van der Waals surface area contributed by atoms with Crippen molar-refractivity contribution in [1.29, 1.82) is 0 Å². The van der Waals surface area contributed by atoms with Crippen LogP contribution >= 0.6 is 24.8 Å². The number of imidazole rings is 2. The van der Waals surface area contributed by atoms with Crippen LogP contribution in [0, 0.1) is 13.1 Å². The Balaban J connectivity index is 0.000000200. The third-order valence-electron chi connectivity index (χ3n) is 11.6. The van der Waals surface area contributed by atoms with Gasteiger partial charge in [0.2, 0.25) is 0 Å². The van der Waals surface area contributed by atoms with Crippen molar-refractivity contribution in [2.45, 2.75) is 77.3 Å². The molecular weight excluding hydrogens is 743 g/mol. The van der Waals surface area contributed by atoms with Crippen molar-refractivity contribution < 1.29 is 9.59 Å². The van der Waals surface area contributed by atoms with E-state index >= 15 is 0 Å². The molecule has 4 heterocycles. The van der Waals surface area contributed by atoms with Crippen LogP contribution in [0.4, 0.5) is 11.4 Å². The largest absolute Gasteiger partial charge is 0.345 e. The van der Waals surface area contributed by atoms with Gasteiger partial charge in [-0.3, -0.25) is 9.59 Å². The summed E-state index contributed by atoms with van der Waals surface area (Å²) >= 11 is 0. The molecule has 2 N–H and O–H groups in total. The zero-order valence-electron chi connectivity index (χ0n) is 29.4. The molecule has 2 aromatic heterocycles. The van der Waals surface area contributed by atoms with Gasteiger partial charge in [0, 0.05) is 48.1 Å². The molecule has 4 aromatic carbocycles. The maximum absolute atomic E-state index is 13.2. The Bertz CT molecular complexity index is 2310. The summed E-state index contributed by atoms with van der Waals surface area (Å²) in [6.45, 7) is 16.1. The molecule has 56 heavy (non-hydrogen) atoms. The van der Waals surface area contributed by atoms with E-state index in [1.165, 1.54) is 22.3 Å². The summed E-state index contributed by atoms with van der Waals surface area (Å²) in [7, 11) is 0. The van der Waals surface area contributed by atoms with E-state index in [1.54, 1.807) is 12.7 Å². The SMILES string of the molecule is C.C.Cl.Cl.[C-]#[N+]c1ccc2c(c1)[C@H]1CCCN(C(=O)c3ccc4nc[nH]c4c3)[C@H]1C2.[C-]#[N+]c1ccc2c(c1)[C@H]1CCCN(C(=O)c3ccc4nc[nH]c4c3)[C@H]1C2. The fourth-order valence-electron chi connectivity index (χ4n) is 9.13. The van der Waals surface area contributed by atoms with Gasteiger partial charge in [-0.05, 0) is 86.1 Å². The third-order valence-corrected chi connectivity index (χ3v) is 11.6. The molecule has 2 fully saturated rings. The highest BCUT2D eigenvalue weighted by molar-refractivity contribution is 5.98. The van der Waals surface area contributed by atoms with Crippen LogP contribution in [0.15, 0.2) is 85.5 Å². The molecule has 0 bridgehead atoms. The zero-order chi connectivity index (χ0) is 35.3. The first-order valence-electron chi connectivity index (χ1n) is 18.0. The van der Waals surface area contributed by atoms with Gasteiger partial charge >= 0.3 is 0 Å². The number of piperidine rings is 2. The number of benzene rings is 4. The first-order chi connectivity index (χ1) is 25.5. The van der Waals surface area contributed by atoms with Crippen LogP contribution < -0.4 is 0 Å². The minimum absolute atomic E-state index is 0. The van der Waals surface area contributed by atoms with Crippen molar-refractivity contribution in [3.05, 3.63) is 142 Å². The number of amides is 2. The van der Waals surface area contributed by atoms with Gasteiger partial charge < -0.3 is 19.8 Å². The number of aromatic amines is 2. The lowest BCUT2D eigenvalue weighted by Gasteiger charge is -2.38. The molecule has 10 nitrogen and oxygen atoms in total. The predicted molar refractivity (Wildman–Crippen MR) is 227 cm³/mol. The number of halogens is 2. The number of nitrogens with one attached hydrogen (secondary N) is 2. The highest BCUT2D eigenvalue weighted by Gasteiger charge is 2.42. The molecule has 2 saturated heterocycles. The molecule has 6 aromatic rings. The maximum Gasteiger partial charge on any atom is 0.254 e. The third kappa shape index (κ3) is 7.23. The molecule has 2 aliphatic heterocycles. The Labute approximate surface area is 340 Å². The predicted octanol–water partition coefficient (Wildman–Crippen LogP) is 10.2. The van der Waals surface area contributed by atoms with E-state index < -0.39 is 0 Å². The van der Waals surface area contributed by atoms with Crippen molar-refractivity contribution in [2.75, 3.05) is 13.1 Å². The van der Waals surface area contributed by atoms with E-state index in [9.17, 15) is 9.59 Å². The van der Waals surface area contributed by atoms with Crippen molar-refractivity contribution >= 4 is 70.1 Å². The van der Waals surface area contributed by atoms with Crippen LogP contribution in [-0.2, 0) is 12.8 Å². The number of aromatic nitrogens is 4. The molecule has 2 aliphatic carbocycles. The van der Waals surface area contributed by atoms with Crippen molar-refractivity contribution in [2.24, 2.45) is 0 Å². The molecular formula is C44H46Cl2N8O2. The lowest BCUT2D eigenvalue weighted by molar-refractivity contribution is 0.0588. The lowest BCUT2D eigenvalue weighted by Crippen LogP contribution is -2.46. The van der Waals surface area contributed by atoms with Crippen LogP contribution in [0.3, 0.4) is 0 Å². The summed E-state index contributed by atoms with van der Waals surface area (Å²) < 4.78 is 0. The van der Waals surface area contributed by atoms with Crippen LogP contribution in [0.2, 0.25) is 0 Å². The minimum atomic E-state index is 0. The number of carbonyl (C=O) groups is 2. The number of likely N-dealkylation sites (tertiary alicyclic amines) is 2. The van der Waals surface area contributed by atoms with Gasteiger partial charge in [0.1, 0.15) is 0 Å². The average Bonchev–Trinajstić information content (AvgIpc) is 4.00. The molecule has 0 unspecified atom stereocenters. The zero-order valence-corrected chi connectivity index (χ0v) is 31.0. The second-order valence-electron chi connectivity index (χ2n) is 14.3.